The van der Waals surface area contributed by atoms with Crippen molar-refractivity contribution in [1.82, 2.24) is 0 Å². The maximum Gasteiger partial charge on any atom is 0.416 e. The molecule has 17 heavy (non-hydrogen) atoms. The zero-order valence-electron chi connectivity index (χ0n) is 8.79. The quantitative estimate of drug-likeness (QED) is 0.800. The molecule has 0 aliphatic carbocycles. The molecule has 0 bridgehead atoms. The van der Waals surface area contributed by atoms with E-state index >= 15 is 0 Å². The van der Waals surface area contributed by atoms with Crippen molar-refractivity contribution in [1.29, 1.82) is 0 Å². The highest BCUT2D eigenvalue weighted by molar-refractivity contribution is 5.77. The highest BCUT2D eigenvalue weighted by Crippen LogP contribution is 2.31. The molecule has 0 unspecified atom stereocenters. The van der Waals surface area contributed by atoms with Crippen molar-refractivity contribution in [2.24, 2.45) is 5.73 Å². The normalized spacial score (nSPS) is 11.9. The van der Waals surface area contributed by atoms with Crippen LogP contribution in [0.5, 0.6) is 0 Å². The molecule has 92 valence electrons. The topological polar surface area (TPSA) is 69.1 Å². The summed E-state index contributed by atoms with van der Waals surface area (Å²) in [6, 6.07) is 3.03. The molecule has 0 radical (unpaired) electrons. The number of rotatable bonds is 3. The summed E-state index contributed by atoms with van der Waals surface area (Å²) >= 11 is 0. The van der Waals surface area contributed by atoms with E-state index in [0.717, 1.165) is 12.1 Å². The van der Waals surface area contributed by atoms with Crippen molar-refractivity contribution in [3.63, 3.8) is 0 Å². The Hall–Kier alpha value is -1.98. The van der Waals surface area contributed by atoms with E-state index in [1.807, 2.05) is 0 Å². The fourth-order valence-electron chi connectivity index (χ4n) is 1.20. The van der Waals surface area contributed by atoms with Crippen LogP contribution in [0.15, 0.2) is 24.3 Å². The number of primary amides is 1. The molecule has 0 aliphatic heterocycles. The molecule has 0 heterocycles. The van der Waals surface area contributed by atoms with E-state index in [-0.39, 0.29) is 12.1 Å². The van der Waals surface area contributed by atoms with Gasteiger partial charge in [-0.3, -0.25) is 4.79 Å². The number of halogens is 3. The second-order valence-electron chi connectivity index (χ2n) is 3.41. The Kier molecular flexibility index (Phi) is 3.77. The maximum atomic E-state index is 12.3. The van der Waals surface area contributed by atoms with E-state index in [9.17, 15) is 18.0 Å². The van der Waals surface area contributed by atoms with Crippen LogP contribution in [0, 0.1) is 0 Å². The summed E-state index contributed by atoms with van der Waals surface area (Å²) in [6.45, 7) is 0. The standard InChI is InChI=1S/C11H11F3N2O/c12-11(13,14)8-5-4-7(9(15)6-8)2-1-3-10(16)17/h1-2,4-6H,3,15H2,(H2,16,17). The average molecular weight is 244 g/mol. The molecular formula is C11H11F3N2O. The van der Waals surface area contributed by atoms with Gasteiger partial charge >= 0.3 is 6.18 Å². The first-order chi connectivity index (χ1) is 7.80. The number of alkyl halides is 3. The highest BCUT2D eigenvalue weighted by atomic mass is 19.4. The minimum Gasteiger partial charge on any atom is -0.398 e. The van der Waals surface area contributed by atoms with Crippen LogP contribution in [0.25, 0.3) is 6.08 Å². The fraction of sp³-hybridized carbons (Fsp3) is 0.182. The Labute approximate surface area is 95.9 Å². The number of nitrogen functional groups attached to an aromatic ring is 1. The van der Waals surface area contributed by atoms with Gasteiger partial charge in [-0.1, -0.05) is 18.2 Å². The van der Waals surface area contributed by atoms with E-state index in [0.29, 0.717) is 5.56 Å². The molecule has 0 spiro atoms. The number of carbonyl (C=O) groups is 1. The molecule has 4 N–H and O–H groups in total. The maximum absolute atomic E-state index is 12.3. The van der Waals surface area contributed by atoms with Gasteiger partial charge in [-0.25, -0.2) is 0 Å². The van der Waals surface area contributed by atoms with E-state index < -0.39 is 17.6 Å². The minimum atomic E-state index is -4.41. The summed E-state index contributed by atoms with van der Waals surface area (Å²) in [5.41, 5.74) is 9.99. The molecule has 1 aromatic carbocycles. The van der Waals surface area contributed by atoms with Crippen LogP contribution in [0.3, 0.4) is 0 Å². The van der Waals surface area contributed by atoms with Gasteiger partial charge in [0.05, 0.1) is 5.56 Å². The van der Waals surface area contributed by atoms with Gasteiger partial charge in [-0.05, 0) is 17.7 Å². The number of hydrogen-bond acceptors (Lipinski definition) is 2. The fourth-order valence-corrected chi connectivity index (χ4v) is 1.20. The Bertz CT molecular complexity index is 453. The van der Waals surface area contributed by atoms with Gasteiger partial charge in [0.2, 0.25) is 5.91 Å². The Balaban J connectivity index is 2.91. The summed E-state index contributed by atoms with van der Waals surface area (Å²) < 4.78 is 37.0. The Morgan fingerprint density at radius 3 is 2.47 bits per heavy atom. The van der Waals surface area contributed by atoms with Gasteiger partial charge in [0.25, 0.3) is 0 Å². The van der Waals surface area contributed by atoms with Gasteiger partial charge in [-0.2, -0.15) is 13.2 Å². The number of hydrogen-bond donors (Lipinski definition) is 2. The molecule has 0 saturated carbocycles. The molecule has 0 aliphatic rings. The molecule has 1 amide bonds. The molecule has 1 aromatic rings. The Morgan fingerprint density at radius 1 is 1.35 bits per heavy atom. The minimum absolute atomic E-state index is 0.000505. The molecule has 0 fully saturated rings. The molecule has 0 atom stereocenters. The van der Waals surface area contributed by atoms with Crippen LogP contribution < -0.4 is 11.5 Å². The SMILES string of the molecule is NC(=O)CC=Cc1ccc(C(F)(F)F)cc1N. The smallest absolute Gasteiger partial charge is 0.398 e. The summed E-state index contributed by atoms with van der Waals surface area (Å²) in [4.78, 5) is 10.5. The molecule has 0 saturated heterocycles. The van der Waals surface area contributed by atoms with Crippen LogP contribution >= 0.6 is 0 Å². The lowest BCUT2D eigenvalue weighted by atomic mass is 10.1. The molecule has 6 heteroatoms. The first kappa shape index (κ1) is 13.1. The largest absolute Gasteiger partial charge is 0.416 e. The zero-order chi connectivity index (χ0) is 13.1. The monoisotopic (exact) mass is 244 g/mol. The van der Waals surface area contributed by atoms with Gasteiger partial charge in [0.1, 0.15) is 0 Å². The van der Waals surface area contributed by atoms with Gasteiger partial charge in [-0.15, -0.1) is 0 Å². The second kappa shape index (κ2) is 4.90. The van der Waals surface area contributed by atoms with Crippen molar-refractivity contribution in [3.05, 3.63) is 35.4 Å². The summed E-state index contributed by atoms with van der Waals surface area (Å²) in [5, 5.41) is 0. The number of amides is 1. The lowest BCUT2D eigenvalue weighted by molar-refractivity contribution is -0.137. The third kappa shape index (κ3) is 3.82. The lowest BCUT2D eigenvalue weighted by Gasteiger charge is -2.08. The molecular weight excluding hydrogens is 233 g/mol. The van der Waals surface area contributed by atoms with E-state index in [4.69, 9.17) is 11.5 Å². The van der Waals surface area contributed by atoms with Crippen LogP contribution in [0.4, 0.5) is 18.9 Å². The van der Waals surface area contributed by atoms with Crippen LogP contribution in [-0.2, 0) is 11.0 Å². The highest BCUT2D eigenvalue weighted by Gasteiger charge is 2.30. The van der Waals surface area contributed by atoms with Crippen molar-refractivity contribution >= 4 is 17.7 Å². The van der Waals surface area contributed by atoms with Crippen LogP contribution in [0.1, 0.15) is 17.5 Å². The van der Waals surface area contributed by atoms with E-state index in [1.165, 1.54) is 18.2 Å². The predicted octanol–water partition coefficient (Wildman–Crippen LogP) is 2.18. The number of benzene rings is 1. The number of nitrogens with two attached hydrogens (primary N) is 2. The first-order valence-corrected chi connectivity index (χ1v) is 4.72. The molecule has 1 rings (SSSR count). The summed E-state index contributed by atoms with van der Waals surface area (Å²) in [6.07, 6.45) is -1.49. The Morgan fingerprint density at radius 2 is 2.00 bits per heavy atom. The van der Waals surface area contributed by atoms with Crippen molar-refractivity contribution in [2.75, 3.05) is 5.73 Å². The van der Waals surface area contributed by atoms with Crippen LogP contribution in [0.2, 0.25) is 0 Å². The number of anilines is 1. The zero-order valence-corrected chi connectivity index (χ0v) is 8.79. The third-order valence-corrected chi connectivity index (χ3v) is 2.03. The van der Waals surface area contributed by atoms with Crippen molar-refractivity contribution in [3.8, 4) is 0 Å². The van der Waals surface area contributed by atoms with Gasteiger partial charge in [0.15, 0.2) is 0 Å². The molecule has 3 nitrogen and oxygen atoms in total. The first-order valence-electron chi connectivity index (χ1n) is 4.72. The van der Waals surface area contributed by atoms with Crippen molar-refractivity contribution in [2.45, 2.75) is 12.6 Å². The van der Waals surface area contributed by atoms with E-state index in [1.54, 1.807) is 0 Å². The summed E-state index contributed by atoms with van der Waals surface area (Å²) in [5.74, 6) is -0.522. The second-order valence-corrected chi connectivity index (χ2v) is 3.41. The van der Waals surface area contributed by atoms with Gasteiger partial charge in [0, 0.05) is 12.1 Å². The van der Waals surface area contributed by atoms with Crippen molar-refractivity contribution < 1.29 is 18.0 Å². The summed E-state index contributed by atoms with van der Waals surface area (Å²) in [7, 11) is 0. The van der Waals surface area contributed by atoms with Gasteiger partial charge < -0.3 is 11.5 Å². The number of carbonyl (C=O) groups excluding carboxylic acids is 1. The van der Waals surface area contributed by atoms with Crippen LogP contribution in [-0.4, -0.2) is 5.91 Å². The van der Waals surface area contributed by atoms with E-state index in [2.05, 4.69) is 0 Å². The third-order valence-electron chi connectivity index (χ3n) is 2.03. The average Bonchev–Trinajstić information content (AvgIpc) is 2.18. The molecule has 0 aromatic heterocycles. The predicted molar refractivity (Wildman–Crippen MR) is 58.7 cm³/mol. The lowest BCUT2D eigenvalue weighted by Crippen LogP contribution is -2.08.